The van der Waals surface area contributed by atoms with Crippen LogP contribution in [0.3, 0.4) is 0 Å². The van der Waals surface area contributed by atoms with Crippen molar-refractivity contribution in [2.45, 2.75) is 45.3 Å². The molecule has 3 N–H and O–H groups in total. The number of carbonyl (C=O) groups is 3. The summed E-state index contributed by atoms with van der Waals surface area (Å²) < 4.78 is 5.19. The van der Waals surface area contributed by atoms with Crippen molar-refractivity contribution in [1.82, 2.24) is 10.6 Å². The van der Waals surface area contributed by atoms with E-state index < -0.39 is 17.9 Å². The first-order chi connectivity index (χ1) is 9.35. The van der Waals surface area contributed by atoms with Gasteiger partial charge in [-0.25, -0.2) is 9.59 Å². The minimum atomic E-state index is -1.18. The minimum absolute atomic E-state index is 0.00819. The van der Waals surface area contributed by atoms with Gasteiger partial charge in [0.05, 0.1) is 6.10 Å². The van der Waals surface area contributed by atoms with E-state index in [1.165, 1.54) is 13.8 Å². The summed E-state index contributed by atoms with van der Waals surface area (Å²) in [5.41, 5.74) is -0.0792. The lowest BCUT2D eigenvalue weighted by atomic mass is 10.1. The molecule has 2 unspecified atom stereocenters. The number of hydrogen-bond acceptors (Lipinski definition) is 4. The van der Waals surface area contributed by atoms with Crippen molar-refractivity contribution < 1.29 is 24.2 Å². The molecule has 0 spiro atoms. The molecule has 1 rings (SSSR count). The van der Waals surface area contributed by atoms with Gasteiger partial charge in [0.15, 0.2) is 0 Å². The van der Waals surface area contributed by atoms with E-state index in [4.69, 9.17) is 9.84 Å². The van der Waals surface area contributed by atoms with Crippen molar-refractivity contribution in [3.05, 3.63) is 11.1 Å². The molecule has 1 saturated carbocycles. The first-order valence-corrected chi connectivity index (χ1v) is 6.40. The normalized spacial score (nSPS) is 22.9. The number of ether oxygens (including phenoxy) is 1. The Morgan fingerprint density at radius 1 is 1.15 bits per heavy atom. The van der Waals surface area contributed by atoms with Gasteiger partial charge >= 0.3 is 12.0 Å². The van der Waals surface area contributed by atoms with Crippen LogP contribution in [0.5, 0.6) is 0 Å². The van der Waals surface area contributed by atoms with Gasteiger partial charge in [-0.1, -0.05) is 0 Å². The highest BCUT2D eigenvalue weighted by molar-refractivity contribution is 6.07. The Balaban J connectivity index is 2.49. The van der Waals surface area contributed by atoms with Crippen molar-refractivity contribution in [1.29, 1.82) is 0 Å². The first kappa shape index (κ1) is 16.2. The van der Waals surface area contributed by atoms with Gasteiger partial charge in [0.2, 0.25) is 0 Å². The summed E-state index contributed by atoms with van der Waals surface area (Å²) in [6, 6.07) is -0.646. The molecule has 0 radical (unpaired) electrons. The number of urea groups is 1. The van der Waals surface area contributed by atoms with E-state index in [-0.39, 0.29) is 23.3 Å². The van der Waals surface area contributed by atoms with Gasteiger partial charge in [-0.05, 0) is 33.1 Å². The SMILES string of the molecule is COC1CCC(NC(=O)NC(=O)C(C)=C(C)C(=O)O)C1. The molecule has 1 aliphatic rings. The highest BCUT2D eigenvalue weighted by Crippen LogP contribution is 2.21. The number of carbonyl (C=O) groups excluding carboxylic acids is 2. The summed E-state index contributed by atoms with van der Waals surface area (Å²) in [5, 5.41) is 13.6. The number of imide groups is 1. The van der Waals surface area contributed by atoms with Gasteiger partial charge in [-0.2, -0.15) is 0 Å². The lowest BCUT2D eigenvalue weighted by molar-refractivity contribution is -0.133. The van der Waals surface area contributed by atoms with Gasteiger partial charge in [-0.15, -0.1) is 0 Å². The maximum absolute atomic E-state index is 11.7. The molecule has 112 valence electrons. The maximum atomic E-state index is 11.7. The Kier molecular flexibility index (Phi) is 5.69. The maximum Gasteiger partial charge on any atom is 0.331 e. The molecule has 0 heterocycles. The second kappa shape index (κ2) is 7.04. The van der Waals surface area contributed by atoms with E-state index in [0.29, 0.717) is 6.42 Å². The molecule has 0 aromatic carbocycles. The number of methoxy groups -OCH3 is 1. The van der Waals surface area contributed by atoms with Crippen LogP contribution in [-0.2, 0) is 14.3 Å². The van der Waals surface area contributed by atoms with Crippen LogP contribution in [0.1, 0.15) is 33.1 Å². The molecule has 1 aliphatic carbocycles. The van der Waals surface area contributed by atoms with Gasteiger partial charge in [0, 0.05) is 24.3 Å². The van der Waals surface area contributed by atoms with E-state index in [9.17, 15) is 14.4 Å². The highest BCUT2D eigenvalue weighted by Gasteiger charge is 2.26. The van der Waals surface area contributed by atoms with Crippen LogP contribution in [0.25, 0.3) is 0 Å². The minimum Gasteiger partial charge on any atom is -0.478 e. The molecule has 0 bridgehead atoms. The van der Waals surface area contributed by atoms with Crippen LogP contribution in [0.15, 0.2) is 11.1 Å². The molecule has 7 heteroatoms. The monoisotopic (exact) mass is 284 g/mol. The zero-order valence-electron chi connectivity index (χ0n) is 11.9. The topological polar surface area (TPSA) is 105 Å². The van der Waals surface area contributed by atoms with Crippen molar-refractivity contribution in [2.24, 2.45) is 0 Å². The van der Waals surface area contributed by atoms with Crippen molar-refractivity contribution in [3.8, 4) is 0 Å². The van der Waals surface area contributed by atoms with Gasteiger partial charge < -0.3 is 15.2 Å². The lowest BCUT2D eigenvalue weighted by Crippen LogP contribution is -2.44. The standard InChI is InChI=1S/C13H20N2O5/c1-7(8(2)12(17)18)11(16)15-13(19)14-9-4-5-10(6-9)20-3/h9-10H,4-6H2,1-3H3,(H,17,18)(H2,14,15,16,19). The smallest absolute Gasteiger partial charge is 0.331 e. The van der Waals surface area contributed by atoms with E-state index in [1.807, 2.05) is 0 Å². The van der Waals surface area contributed by atoms with Crippen molar-refractivity contribution in [3.63, 3.8) is 0 Å². The van der Waals surface area contributed by atoms with E-state index >= 15 is 0 Å². The Bertz CT molecular complexity index is 444. The van der Waals surface area contributed by atoms with Gasteiger partial charge in [0.1, 0.15) is 0 Å². The Labute approximate surface area is 117 Å². The van der Waals surface area contributed by atoms with Crippen LogP contribution in [-0.4, -0.2) is 42.3 Å². The third-order valence-electron chi connectivity index (χ3n) is 3.50. The molecule has 0 aromatic rings. The first-order valence-electron chi connectivity index (χ1n) is 6.40. The number of rotatable bonds is 4. The molecule has 2 atom stereocenters. The van der Waals surface area contributed by atoms with Gasteiger partial charge in [-0.3, -0.25) is 10.1 Å². The van der Waals surface area contributed by atoms with Crippen LogP contribution in [0.2, 0.25) is 0 Å². The molecule has 0 saturated heterocycles. The molecular formula is C13H20N2O5. The van der Waals surface area contributed by atoms with Gasteiger partial charge in [0.25, 0.3) is 5.91 Å². The zero-order chi connectivity index (χ0) is 15.3. The zero-order valence-corrected chi connectivity index (χ0v) is 11.9. The summed E-state index contributed by atoms with van der Waals surface area (Å²) in [4.78, 5) is 34.0. The van der Waals surface area contributed by atoms with Crippen molar-refractivity contribution >= 4 is 17.9 Å². The number of nitrogens with one attached hydrogen (secondary N) is 2. The number of amides is 3. The largest absolute Gasteiger partial charge is 0.478 e. The lowest BCUT2D eigenvalue weighted by Gasteiger charge is -2.13. The quantitative estimate of drug-likeness (QED) is 0.662. The average molecular weight is 284 g/mol. The Morgan fingerprint density at radius 2 is 1.80 bits per heavy atom. The fourth-order valence-electron chi connectivity index (χ4n) is 2.03. The van der Waals surface area contributed by atoms with E-state index in [0.717, 1.165) is 12.8 Å². The van der Waals surface area contributed by atoms with E-state index in [2.05, 4.69) is 10.6 Å². The molecule has 20 heavy (non-hydrogen) atoms. The number of carboxylic acids is 1. The predicted molar refractivity (Wildman–Crippen MR) is 71.1 cm³/mol. The Morgan fingerprint density at radius 3 is 2.30 bits per heavy atom. The van der Waals surface area contributed by atoms with Crippen LogP contribution >= 0.6 is 0 Å². The molecule has 0 aliphatic heterocycles. The summed E-state index contributed by atoms with van der Waals surface area (Å²) in [6.45, 7) is 2.68. The second-order valence-corrected chi connectivity index (χ2v) is 4.85. The molecule has 7 nitrogen and oxygen atoms in total. The van der Waals surface area contributed by atoms with Crippen LogP contribution in [0.4, 0.5) is 4.79 Å². The molecular weight excluding hydrogens is 264 g/mol. The summed E-state index contributed by atoms with van der Waals surface area (Å²) >= 11 is 0. The summed E-state index contributed by atoms with van der Waals surface area (Å²) in [7, 11) is 1.62. The highest BCUT2D eigenvalue weighted by atomic mass is 16.5. The molecule has 3 amide bonds. The predicted octanol–water partition coefficient (Wildman–Crippen LogP) is 0.801. The third-order valence-corrected chi connectivity index (χ3v) is 3.50. The van der Waals surface area contributed by atoms with E-state index in [1.54, 1.807) is 7.11 Å². The summed E-state index contributed by atoms with van der Waals surface area (Å²) in [5.74, 6) is -1.89. The second-order valence-electron chi connectivity index (χ2n) is 4.85. The number of aliphatic carboxylic acids is 1. The van der Waals surface area contributed by atoms with Crippen molar-refractivity contribution in [2.75, 3.05) is 7.11 Å². The third kappa shape index (κ3) is 4.34. The Hall–Kier alpha value is -1.89. The summed E-state index contributed by atoms with van der Waals surface area (Å²) in [6.07, 6.45) is 2.50. The van der Waals surface area contributed by atoms with Crippen LogP contribution in [0, 0.1) is 0 Å². The fraction of sp³-hybridized carbons (Fsp3) is 0.615. The number of carboxylic acid groups (broad SMARTS) is 1. The average Bonchev–Trinajstić information content (AvgIpc) is 2.84. The number of hydrogen-bond donors (Lipinski definition) is 3. The molecule has 0 aromatic heterocycles. The fourth-order valence-corrected chi connectivity index (χ4v) is 2.03. The van der Waals surface area contributed by atoms with Crippen LogP contribution < -0.4 is 10.6 Å². The molecule has 1 fully saturated rings.